The molecule has 0 aliphatic rings. The zero-order valence-electron chi connectivity index (χ0n) is 19.8. The fourth-order valence-corrected chi connectivity index (χ4v) is 4.86. The Morgan fingerprint density at radius 3 is 2.41 bits per heavy atom. The van der Waals surface area contributed by atoms with Gasteiger partial charge in [0, 0.05) is 31.9 Å². The number of hydrogen-bond donors (Lipinski definition) is 1. The van der Waals surface area contributed by atoms with Crippen molar-refractivity contribution in [1.82, 2.24) is 24.0 Å². The smallest absolute Gasteiger partial charge is 0.332 e. The first-order chi connectivity index (χ1) is 16.3. The number of amides is 1. The molecule has 8 nitrogen and oxygen atoms in total. The first-order valence-corrected chi connectivity index (χ1v) is 12.2. The summed E-state index contributed by atoms with van der Waals surface area (Å²) in [5, 5.41) is 5.18. The lowest BCUT2D eigenvalue weighted by Crippen LogP contribution is -2.37. The Kier molecular flexibility index (Phi) is 6.83. The quantitative estimate of drug-likeness (QED) is 0.420. The molecule has 0 radical (unpaired) electrons. The van der Waals surface area contributed by atoms with Gasteiger partial charge in [0.1, 0.15) is 0 Å². The Balaban J connectivity index is 1.46. The van der Waals surface area contributed by atoms with Crippen molar-refractivity contribution in [3.05, 3.63) is 84.9 Å². The van der Waals surface area contributed by atoms with Crippen molar-refractivity contribution in [2.75, 3.05) is 0 Å². The molecule has 0 aliphatic heterocycles. The normalized spacial score (nSPS) is 12.4. The van der Waals surface area contributed by atoms with Crippen LogP contribution < -0.4 is 16.6 Å². The summed E-state index contributed by atoms with van der Waals surface area (Å²) >= 11 is 1.62. The average Bonchev–Trinajstić information content (AvgIpc) is 3.50. The molecule has 0 saturated carbocycles. The molecule has 3 heterocycles. The van der Waals surface area contributed by atoms with E-state index in [0.717, 1.165) is 15.0 Å². The van der Waals surface area contributed by atoms with Crippen molar-refractivity contribution in [3.63, 3.8) is 0 Å². The maximum atomic E-state index is 12.9. The van der Waals surface area contributed by atoms with Gasteiger partial charge in [-0.3, -0.25) is 18.7 Å². The highest BCUT2D eigenvalue weighted by molar-refractivity contribution is 7.10. The fourth-order valence-electron chi connectivity index (χ4n) is 4.06. The Morgan fingerprint density at radius 2 is 1.76 bits per heavy atom. The standard InChI is InChI=1S/C25H29N5O3S/c1-16(2)17-9-11-18(12-10-17)21(19-7-6-14-34-19)27-20(31)8-5-13-30-15-26-23-22(30)24(32)29(4)25(33)28(23)3/h6-7,9-12,14-16,21H,5,8,13H2,1-4H3,(H,27,31). The summed E-state index contributed by atoms with van der Waals surface area (Å²) in [5.74, 6) is 0.387. The van der Waals surface area contributed by atoms with E-state index in [9.17, 15) is 14.4 Å². The minimum absolute atomic E-state index is 0.0592. The average molecular weight is 480 g/mol. The largest absolute Gasteiger partial charge is 0.344 e. The number of thiophene rings is 1. The lowest BCUT2D eigenvalue weighted by atomic mass is 9.98. The fraction of sp³-hybridized carbons (Fsp3) is 0.360. The van der Waals surface area contributed by atoms with Crippen LogP contribution in [-0.4, -0.2) is 24.6 Å². The van der Waals surface area contributed by atoms with Crippen molar-refractivity contribution < 1.29 is 4.79 Å². The van der Waals surface area contributed by atoms with E-state index in [0.29, 0.717) is 36.5 Å². The van der Waals surface area contributed by atoms with Crippen LogP contribution in [0, 0.1) is 0 Å². The summed E-state index contributed by atoms with van der Waals surface area (Å²) in [4.78, 5) is 42.9. The van der Waals surface area contributed by atoms with Gasteiger partial charge in [-0.2, -0.15) is 0 Å². The number of carbonyl (C=O) groups excluding carboxylic acids is 1. The monoisotopic (exact) mass is 479 g/mol. The van der Waals surface area contributed by atoms with Gasteiger partial charge in [0.15, 0.2) is 11.2 Å². The topological polar surface area (TPSA) is 90.9 Å². The highest BCUT2D eigenvalue weighted by atomic mass is 32.1. The number of carbonyl (C=O) groups is 1. The van der Waals surface area contributed by atoms with Crippen LogP contribution in [0.1, 0.15) is 54.7 Å². The number of nitrogens with one attached hydrogen (secondary N) is 1. The molecule has 34 heavy (non-hydrogen) atoms. The second-order valence-electron chi connectivity index (χ2n) is 8.76. The summed E-state index contributed by atoms with van der Waals surface area (Å²) in [6.07, 6.45) is 2.39. The van der Waals surface area contributed by atoms with Crippen LogP contribution in [0.15, 0.2) is 57.7 Å². The maximum absolute atomic E-state index is 12.9. The van der Waals surface area contributed by atoms with Gasteiger partial charge in [0.05, 0.1) is 12.4 Å². The molecule has 1 aromatic carbocycles. The summed E-state index contributed by atoms with van der Waals surface area (Å²) < 4.78 is 4.14. The van der Waals surface area contributed by atoms with Crippen LogP contribution in [-0.2, 0) is 25.4 Å². The third-order valence-corrected chi connectivity index (χ3v) is 7.03. The van der Waals surface area contributed by atoms with Gasteiger partial charge in [-0.15, -0.1) is 11.3 Å². The maximum Gasteiger partial charge on any atom is 0.332 e. The number of hydrogen-bond acceptors (Lipinski definition) is 5. The summed E-state index contributed by atoms with van der Waals surface area (Å²) in [6, 6.07) is 12.2. The molecule has 1 amide bonds. The Morgan fingerprint density at radius 1 is 1.06 bits per heavy atom. The van der Waals surface area contributed by atoms with E-state index in [4.69, 9.17) is 0 Å². The summed E-state index contributed by atoms with van der Waals surface area (Å²) in [7, 11) is 3.04. The van der Waals surface area contributed by atoms with Crippen LogP contribution in [0.3, 0.4) is 0 Å². The van der Waals surface area contributed by atoms with E-state index >= 15 is 0 Å². The second-order valence-corrected chi connectivity index (χ2v) is 9.74. The molecule has 3 aromatic heterocycles. The lowest BCUT2D eigenvalue weighted by Gasteiger charge is -2.19. The van der Waals surface area contributed by atoms with E-state index in [1.165, 1.54) is 17.2 Å². The minimum atomic E-state index is -0.414. The van der Waals surface area contributed by atoms with Gasteiger partial charge >= 0.3 is 5.69 Å². The Hall–Kier alpha value is -3.46. The SMILES string of the molecule is CC(C)c1ccc(C(NC(=O)CCCn2cnc3c2c(=O)n(C)c(=O)n3C)c2cccs2)cc1. The zero-order chi connectivity index (χ0) is 24.4. The summed E-state index contributed by atoms with van der Waals surface area (Å²) in [6.45, 7) is 4.77. The molecule has 1 unspecified atom stereocenters. The molecule has 1 N–H and O–H groups in total. The first kappa shape index (κ1) is 23.7. The third kappa shape index (κ3) is 4.61. The molecule has 0 aliphatic carbocycles. The van der Waals surface area contributed by atoms with Crippen molar-refractivity contribution in [3.8, 4) is 0 Å². The van der Waals surface area contributed by atoms with E-state index < -0.39 is 5.69 Å². The first-order valence-electron chi connectivity index (χ1n) is 11.3. The molecule has 9 heteroatoms. The van der Waals surface area contributed by atoms with E-state index in [1.54, 1.807) is 29.3 Å². The van der Waals surface area contributed by atoms with Crippen LogP contribution in [0.2, 0.25) is 0 Å². The number of rotatable bonds is 8. The molecule has 4 rings (SSSR count). The molecular weight excluding hydrogens is 450 g/mol. The number of nitrogens with zero attached hydrogens (tertiary/aromatic N) is 4. The van der Waals surface area contributed by atoms with Crippen LogP contribution >= 0.6 is 11.3 Å². The predicted octanol–water partition coefficient (Wildman–Crippen LogP) is 3.30. The molecular formula is C25H29N5O3S. The van der Waals surface area contributed by atoms with E-state index in [2.05, 4.69) is 48.4 Å². The van der Waals surface area contributed by atoms with Crippen molar-refractivity contribution in [1.29, 1.82) is 0 Å². The lowest BCUT2D eigenvalue weighted by molar-refractivity contribution is -0.121. The molecule has 0 bridgehead atoms. The predicted molar refractivity (Wildman–Crippen MR) is 134 cm³/mol. The van der Waals surface area contributed by atoms with Gasteiger partial charge in [0.25, 0.3) is 5.56 Å². The zero-order valence-corrected chi connectivity index (χ0v) is 20.6. The molecule has 4 aromatic rings. The molecule has 0 fully saturated rings. The molecule has 0 spiro atoms. The van der Waals surface area contributed by atoms with Gasteiger partial charge in [-0.25, -0.2) is 9.78 Å². The number of aryl methyl sites for hydroxylation is 2. The minimum Gasteiger partial charge on any atom is -0.344 e. The van der Waals surface area contributed by atoms with Crippen molar-refractivity contribution in [2.24, 2.45) is 14.1 Å². The third-order valence-electron chi connectivity index (χ3n) is 6.09. The van der Waals surface area contributed by atoms with Gasteiger partial charge in [-0.1, -0.05) is 44.2 Å². The van der Waals surface area contributed by atoms with Crippen LogP contribution in [0.25, 0.3) is 11.2 Å². The van der Waals surface area contributed by atoms with Gasteiger partial charge < -0.3 is 9.88 Å². The molecule has 0 saturated heterocycles. The highest BCUT2D eigenvalue weighted by Crippen LogP contribution is 2.27. The van der Waals surface area contributed by atoms with Crippen LogP contribution in [0.4, 0.5) is 0 Å². The highest BCUT2D eigenvalue weighted by Gasteiger charge is 2.19. The van der Waals surface area contributed by atoms with Crippen LogP contribution in [0.5, 0.6) is 0 Å². The van der Waals surface area contributed by atoms with Crippen molar-refractivity contribution >= 4 is 28.4 Å². The number of fused-ring (bicyclic) bond motifs is 1. The second kappa shape index (κ2) is 9.80. The number of benzene rings is 1. The number of imidazole rings is 1. The van der Waals surface area contributed by atoms with Gasteiger partial charge in [0.2, 0.25) is 5.91 Å². The summed E-state index contributed by atoms with van der Waals surface area (Å²) in [5.41, 5.74) is 2.22. The number of aromatic nitrogens is 4. The molecule has 1 atom stereocenters. The van der Waals surface area contributed by atoms with Crippen molar-refractivity contribution in [2.45, 2.75) is 45.2 Å². The van der Waals surface area contributed by atoms with E-state index in [1.807, 2.05) is 17.5 Å². The Bertz CT molecular complexity index is 1410. The van der Waals surface area contributed by atoms with E-state index in [-0.39, 0.29) is 17.5 Å². The molecule has 178 valence electrons. The Labute approximate surface area is 201 Å². The van der Waals surface area contributed by atoms with Gasteiger partial charge in [-0.05, 0) is 34.9 Å².